The Morgan fingerprint density at radius 2 is 1.56 bits per heavy atom. The molecule has 1 fully saturated rings. The van der Waals surface area contributed by atoms with Crippen LogP contribution in [0.15, 0.2) is 71.6 Å². The first-order chi connectivity index (χ1) is 18.5. The summed E-state index contributed by atoms with van der Waals surface area (Å²) >= 11 is 12.0. The highest BCUT2D eigenvalue weighted by atomic mass is 35.5. The highest BCUT2D eigenvalue weighted by Crippen LogP contribution is 2.38. The van der Waals surface area contributed by atoms with Gasteiger partial charge in [0.15, 0.2) is 0 Å². The van der Waals surface area contributed by atoms with E-state index in [-0.39, 0.29) is 50.0 Å². The number of halogens is 3. The Morgan fingerprint density at radius 1 is 0.923 bits per heavy atom. The second-order valence-corrected chi connectivity index (χ2v) is 12.9. The van der Waals surface area contributed by atoms with Crippen LogP contribution in [0.25, 0.3) is 0 Å². The normalized spacial score (nSPS) is 18.5. The zero-order valence-electron chi connectivity index (χ0n) is 22.1. The molecule has 208 valence electrons. The molecule has 0 spiro atoms. The average molecular weight is 593 g/mol. The number of nitrogens with zero attached hydrogens (tertiary/aromatic N) is 2. The van der Waals surface area contributed by atoms with Gasteiger partial charge in [-0.05, 0) is 93.7 Å². The van der Waals surface area contributed by atoms with E-state index in [0.717, 1.165) is 35.6 Å². The summed E-state index contributed by atoms with van der Waals surface area (Å²) in [7, 11) is 1.47. The summed E-state index contributed by atoms with van der Waals surface area (Å²) in [6.07, 6.45) is 3.39. The lowest BCUT2D eigenvalue weighted by atomic mass is 9.78. The van der Waals surface area contributed by atoms with Crippen molar-refractivity contribution in [3.8, 4) is 0 Å². The summed E-state index contributed by atoms with van der Waals surface area (Å²) in [5, 5.41) is 3.49. The molecule has 1 aliphatic carbocycles. The molecule has 1 saturated carbocycles. The Kier molecular flexibility index (Phi) is 9.21. The maximum absolute atomic E-state index is 13.5. The van der Waals surface area contributed by atoms with E-state index in [1.54, 1.807) is 24.3 Å². The molecule has 6 nitrogen and oxygen atoms in total. The fourth-order valence-electron chi connectivity index (χ4n) is 5.36. The summed E-state index contributed by atoms with van der Waals surface area (Å²) in [5.41, 5.74) is 1.61. The second kappa shape index (κ2) is 12.3. The maximum atomic E-state index is 13.5. The third-order valence-corrected chi connectivity index (χ3v) is 9.87. The quantitative estimate of drug-likeness (QED) is 0.322. The molecule has 4 rings (SSSR count). The fraction of sp³-hybridized carbons (Fsp3) is 0.345. The number of sulfonamides is 1. The molecule has 1 N–H and O–H groups in total. The minimum atomic E-state index is -3.99. The van der Waals surface area contributed by atoms with E-state index in [4.69, 9.17) is 23.2 Å². The average Bonchev–Trinajstić information content (AvgIpc) is 2.91. The van der Waals surface area contributed by atoms with Gasteiger partial charge in [0.25, 0.3) is 15.9 Å². The van der Waals surface area contributed by atoms with E-state index in [9.17, 15) is 17.6 Å². The van der Waals surface area contributed by atoms with Gasteiger partial charge in [0.05, 0.1) is 26.2 Å². The number of para-hydroxylation sites is 1. The Bertz CT molecular complexity index is 1430. The van der Waals surface area contributed by atoms with Gasteiger partial charge in [-0.3, -0.25) is 9.10 Å². The van der Waals surface area contributed by atoms with Gasteiger partial charge in [0.2, 0.25) is 0 Å². The van der Waals surface area contributed by atoms with Crippen LogP contribution in [0.5, 0.6) is 0 Å². The highest BCUT2D eigenvalue weighted by Gasteiger charge is 2.32. The number of benzene rings is 3. The molecule has 1 unspecified atom stereocenters. The van der Waals surface area contributed by atoms with Crippen molar-refractivity contribution in [2.45, 2.75) is 42.7 Å². The minimum Gasteiger partial charge on any atom is -0.349 e. The van der Waals surface area contributed by atoms with Crippen molar-refractivity contribution in [1.29, 1.82) is 0 Å². The smallest absolute Gasteiger partial charge is 0.264 e. The molecule has 0 saturated heterocycles. The molecule has 0 bridgehead atoms. The molecular weight excluding hydrogens is 560 g/mol. The molecule has 1 amide bonds. The summed E-state index contributed by atoms with van der Waals surface area (Å²) in [4.78, 5) is 15.5. The van der Waals surface area contributed by atoms with Crippen molar-refractivity contribution < 1.29 is 17.6 Å². The third kappa shape index (κ3) is 6.57. The first-order valence-electron chi connectivity index (χ1n) is 12.7. The molecule has 3 aromatic rings. The number of hydrogen-bond acceptors (Lipinski definition) is 4. The summed E-state index contributed by atoms with van der Waals surface area (Å²) in [6.45, 7) is 0. The third-order valence-electron chi connectivity index (χ3n) is 7.36. The van der Waals surface area contributed by atoms with Crippen LogP contribution in [0.2, 0.25) is 10.0 Å². The number of amides is 1. The van der Waals surface area contributed by atoms with Gasteiger partial charge in [0, 0.05) is 19.1 Å². The lowest BCUT2D eigenvalue weighted by Gasteiger charge is -2.38. The topological polar surface area (TPSA) is 69.7 Å². The number of anilines is 1. The van der Waals surface area contributed by atoms with E-state index in [0.29, 0.717) is 5.92 Å². The lowest BCUT2D eigenvalue weighted by molar-refractivity contribution is 0.0907. The maximum Gasteiger partial charge on any atom is 0.264 e. The number of carbonyl (C=O) groups excluding carboxylic acids is 1. The molecule has 0 aliphatic heterocycles. The SMILES string of the molecule is CN(C)C(c1ccc(F)cc1)C1CCC(NC(=O)c2ccccc2N(C)S(=O)(=O)c2ccc(Cl)c(Cl)c2)CC1. The Morgan fingerprint density at radius 3 is 2.18 bits per heavy atom. The van der Waals surface area contributed by atoms with Crippen LogP contribution in [-0.2, 0) is 10.0 Å². The van der Waals surface area contributed by atoms with Crippen molar-refractivity contribution >= 4 is 44.8 Å². The molecule has 3 aromatic carbocycles. The van der Waals surface area contributed by atoms with Crippen LogP contribution >= 0.6 is 23.2 Å². The first-order valence-corrected chi connectivity index (χ1v) is 14.9. The molecule has 0 heterocycles. The molecule has 0 aromatic heterocycles. The van der Waals surface area contributed by atoms with Gasteiger partial charge >= 0.3 is 0 Å². The monoisotopic (exact) mass is 591 g/mol. The van der Waals surface area contributed by atoms with Crippen molar-refractivity contribution in [3.63, 3.8) is 0 Å². The minimum absolute atomic E-state index is 0.0236. The molecule has 10 heteroatoms. The molecule has 39 heavy (non-hydrogen) atoms. The largest absolute Gasteiger partial charge is 0.349 e. The van der Waals surface area contributed by atoms with E-state index in [1.807, 2.05) is 26.2 Å². The van der Waals surface area contributed by atoms with Crippen molar-refractivity contribution in [2.24, 2.45) is 5.92 Å². The van der Waals surface area contributed by atoms with Crippen LogP contribution in [0.1, 0.15) is 47.6 Å². The zero-order chi connectivity index (χ0) is 28.3. The van der Waals surface area contributed by atoms with Gasteiger partial charge in [0.1, 0.15) is 5.82 Å². The van der Waals surface area contributed by atoms with E-state index in [1.165, 1.54) is 37.4 Å². The van der Waals surface area contributed by atoms with Crippen molar-refractivity contribution in [1.82, 2.24) is 10.2 Å². The van der Waals surface area contributed by atoms with Crippen LogP contribution in [0.4, 0.5) is 10.1 Å². The van der Waals surface area contributed by atoms with Crippen molar-refractivity contribution in [2.75, 3.05) is 25.4 Å². The molecule has 0 radical (unpaired) electrons. The van der Waals surface area contributed by atoms with Crippen LogP contribution in [-0.4, -0.2) is 46.4 Å². The van der Waals surface area contributed by atoms with Gasteiger partial charge < -0.3 is 10.2 Å². The number of hydrogen-bond donors (Lipinski definition) is 1. The Balaban J connectivity index is 1.46. The summed E-state index contributed by atoms with van der Waals surface area (Å²) in [6, 6.07) is 17.5. The molecule has 1 atom stereocenters. The fourth-order valence-corrected chi connectivity index (χ4v) is 6.96. The van der Waals surface area contributed by atoms with Crippen LogP contribution in [0, 0.1) is 11.7 Å². The van der Waals surface area contributed by atoms with Gasteiger partial charge in [-0.2, -0.15) is 0 Å². The number of nitrogens with one attached hydrogen (secondary N) is 1. The lowest BCUT2D eigenvalue weighted by Crippen LogP contribution is -2.40. The van der Waals surface area contributed by atoms with E-state index in [2.05, 4.69) is 10.2 Å². The highest BCUT2D eigenvalue weighted by molar-refractivity contribution is 7.92. The molecule has 1 aliphatic rings. The predicted octanol–water partition coefficient (Wildman–Crippen LogP) is 6.55. The Hall–Kier alpha value is -2.65. The number of carbonyl (C=O) groups is 1. The van der Waals surface area contributed by atoms with E-state index >= 15 is 0 Å². The molecular formula is C29H32Cl2FN3O3S. The number of rotatable bonds is 8. The van der Waals surface area contributed by atoms with E-state index < -0.39 is 10.0 Å². The second-order valence-electron chi connectivity index (χ2n) is 10.1. The zero-order valence-corrected chi connectivity index (χ0v) is 24.4. The van der Waals surface area contributed by atoms with Gasteiger partial charge in [-0.15, -0.1) is 0 Å². The predicted molar refractivity (Wildman–Crippen MR) is 155 cm³/mol. The van der Waals surface area contributed by atoms with Crippen molar-refractivity contribution in [3.05, 3.63) is 93.7 Å². The van der Waals surface area contributed by atoms with Crippen LogP contribution in [0.3, 0.4) is 0 Å². The first kappa shape index (κ1) is 29.3. The Labute approximate surface area is 239 Å². The summed E-state index contributed by atoms with van der Waals surface area (Å²) in [5.74, 6) is -0.209. The van der Waals surface area contributed by atoms with Crippen LogP contribution < -0.4 is 9.62 Å². The standard InChI is InChI=1S/C29H32Cl2FN3O3S/c1-34(2)28(19-8-12-21(32)13-9-19)20-10-14-22(15-11-20)33-29(36)24-6-4-5-7-27(24)35(3)39(37,38)23-16-17-25(30)26(31)18-23/h4-9,12-13,16-18,20,22,28H,10-11,14-15H2,1-3H3,(H,33,36). The van der Waals surface area contributed by atoms with Gasteiger partial charge in [-0.25, -0.2) is 12.8 Å². The summed E-state index contributed by atoms with van der Waals surface area (Å²) < 4.78 is 41.2. The van der Waals surface area contributed by atoms with Gasteiger partial charge in [-0.1, -0.05) is 47.5 Å².